The van der Waals surface area contributed by atoms with Gasteiger partial charge in [0, 0.05) is 30.9 Å². The quantitative estimate of drug-likeness (QED) is 0.0867. The molecule has 6 atom stereocenters. The molecule has 272 valence electrons. The van der Waals surface area contributed by atoms with Crippen LogP contribution in [0.4, 0.5) is 10.5 Å². The van der Waals surface area contributed by atoms with Gasteiger partial charge in [0.15, 0.2) is 11.9 Å². The van der Waals surface area contributed by atoms with Crippen LogP contribution in [-0.4, -0.2) is 94.0 Å². The van der Waals surface area contributed by atoms with Gasteiger partial charge in [-0.15, -0.1) is 0 Å². The van der Waals surface area contributed by atoms with E-state index in [2.05, 4.69) is 0 Å². The van der Waals surface area contributed by atoms with E-state index < -0.39 is 95.7 Å². The number of carboxylic acid groups (broad SMARTS) is 3. The first-order chi connectivity index (χ1) is 23.7. The summed E-state index contributed by atoms with van der Waals surface area (Å²) in [4.78, 5) is 73.3. The van der Waals surface area contributed by atoms with Crippen molar-refractivity contribution in [1.82, 2.24) is 4.90 Å². The van der Waals surface area contributed by atoms with Gasteiger partial charge in [0.05, 0.1) is 31.0 Å². The maximum Gasteiger partial charge on any atom is 0.411 e. The largest absolute Gasteiger partial charge is 0.481 e. The van der Waals surface area contributed by atoms with E-state index in [0.29, 0.717) is 6.42 Å². The Kier molecular flexibility index (Phi) is 14.5. The van der Waals surface area contributed by atoms with Crippen molar-refractivity contribution in [2.75, 3.05) is 20.4 Å². The zero-order chi connectivity index (χ0) is 37.0. The molecule has 17 nitrogen and oxygen atoms in total. The SMILES string of the molecule is CCN(COC(C)Cc1ccccc1)C(=O)OCc1ccc(O[C@@H]2O[C@H](C(=O)OC)[C@@H](CC(=O)O)[C@H](CC(=O)O)[C@H]2CC(=O)O)c([N+](=O)[O-])c1. The Labute approximate surface area is 286 Å². The molecule has 17 heteroatoms. The molecule has 0 radical (unpaired) electrons. The third-order valence-electron chi connectivity index (χ3n) is 8.13. The minimum atomic E-state index is -1.74. The topological polar surface area (TPSA) is 239 Å². The molecule has 0 bridgehead atoms. The number of carboxylic acids is 3. The van der Waals surface area contributed by atoms with Gasteiger partial charge in [0.2, 0.25) is 6.29 Å². The van der Waals surface area contributed by atoms with Gasteiger partial charge in [-0.2, -0.15) is 0 Å². The number of aliphatic carboxylic acids is 3. The highest BCUT2D eigenvalue weighted by Gasteiger charge is 2.52. The van der Waals surface area contributed by atoms with E-state index in [4.69, 9.17) is 23.7 Å². The number of methoxy groups -OCH3 is 1. The number of nitro benzene ring substituents is 1. The standard InChI is InChI=1S/C33H40N2O15/c1-4-34(18-48-19(2)12-20-8-6-5-7-9-20)33(43)47-17-21-10-11-26(25(13-21)35(44)45)49-32-24(16-29(40)41)22(14-27(36)37)23(15-28(38)39)30(50-32)31(42)46-3/h5-11,13,19,22-24,30,32H,4,12,14-18H2,1-3H3,(H,36,37)(H,38,39)(H,40,41)/t19?,22-,23-,24+,30-,32+/m0/s1. The van der Waals surface area contributed by atoms with Gasteiger partial charge in [0.25, 0.3) is 0 Å². The van der Waals surface area contributed by atoms with Gasteiger partial charge in [-0.3, -0.25) is 29.4 Å². The van der Waals surface area contributed by atoms with Crippen LogP contribution in [0.2, 0.25) is 0 Å². The average Bonchev–Trinajstić information content (AvgIpc) is 3.06. The van der Waals surface area contributed by atoms with Crippen LogP contribution in [0, 0.1) is 27.9 Å². The lowest BCUT2D eigenvalue weighted by Crippen LogP contribution is -2.54. The third kappa shape index (κ3) is 11.1. The summed E-state index contributed by atoms with van der Waals surface area (Å²) in [5.74, 6) is -9.71. The highest BCUT2D eigenvalue weighted by atomic mass is 16.7. The summed E-state index contributed by atoms with van der Waals surface area (Å²) in [5, 5.41) is 40.8. The minimum Gasteiger partial charge on any atom is -0.481 e. The second kappa shape index (κ2) is 18.5. The molecule has 0 aliphatic carbocycles. The van der Waals surface area contributed by atoms with E-state index >= 15 is 0 Å². The van der Waals surface area contributed by atoms with Gasteiger partial charge in [-0.1, -0.05) is 36.4 Å². The molecule has 0 spiro atoms. The zero-order valence-electron chi connectivity index (χ0n) is 27.7. The molecular weight excluding hydrogens is 664 g/mol. The number of hydrogen-bond acceptors (Lipinski definition) is 12. The van der Waals surface area contributed by atoms with Crippen LogP contribution in [0.25, 0.3) is 0 Å². The van der Waals surface area contributed by atoms with Crippen LogP contribution in [0.1, 0.15) is 44.2 Å². The number of esters is 1. The predicted octanol–water partition coefficient (Wildman–Crippen LogP) is 3.71. The Morgan fingerprint density at radius 1 is 0.920 bits per heavy atom. The van der Waals surface area contributed by atoms with E-state index in [1.54, 1.807) is 6.92 Å². The summed E-state index contributed by atoms with van der Waals surface area (Å²) < 4.78 is 27.4. The van der Waals surface area contributed by atoms with Crippen molar-refractivity contribution in [3.8, 4) is 5.75 Å². The smallest absolute Gasteiger partial charge is 0.411 e. The summed E-state index contributed by atoms with van der Waals surface area (Å²) in [6, 6.07) is 13.2. The molecule has 1 amide bonds. The van der Waals surface area contributed by atoms with E-state index in [9.17, 15) is 49.4 Å². The van der Waals surface area contributed by atoms with Crippen LogP contribution >= 0.6 is 0 Å². The second-order valence-corrected chi connectivity index (χ2v) is 11.6. The van der Waals surface area contributed by atoms with Crippen molar-refractivity contribution >= 4 is 35.7 Å². The van der Waals surface area contributed by atoms with Crippen molar-refractivity contribution in [3.63, 3.8) is 0 Å². The lowest BCUT2D eigenvalue weighted by molar-refractivity contribution is -0.386. The maximum atomic E-state index is 12.8. The highest BCUT2D eigenvalue weighted by Crippen LogP contribution is 2.43. The Hall–Kier alpha value is -5.29. The molecular formula is C33H40N2O15. The number of amides is 1. The van der Waals surface area contributed by atoms with Crippen molar-refractivity contribution < 1.29 is 67.9 Å². The van der Waals surface area contributed by atoms with E-state index in [1.807, 2.05) is 37.3 Å². The van der Waals surface area contributed by atoms with Crippen LogP contribution < -0.4 is 4.74 Å². The molecule has 2 aromatic carbocycles. The molecule has 0 saturated carbocycles. The molecule has 1 aliphatic rings. The lowest BCUT2D eigenvalue weighted by atomic mass is 9.71. The highest BCUT2D eigenvalue weighted by molar-refractivity contribution is 5.77. The first-order valence-electron chi connectivity index (χ1n) is 15.6. The molecule has 3 N–H and O–H groups in total. The summed E-state index contributed by atoms with van der Waals surface area (Å²) in [6.07, 6.45) is -6.05. The monoisotopic (exact) mass is 704 g/mol. The fourth-order valence-electron chi connectivity index (χ4n) is 5.72. The van der Waals surface area contributed by atoms with E-state index in [1.165, 1.54) is 11.0 Å². The lowest BCUT2D eigenvalue weighted by Gasteiger charge is -2.44. The summed E-state index contributed by atoms with van der Waals surface area (Å²) in [5.41, 5.74) is 0.618. The molecule has 1 aliphatic heterocycles. The van der Waals surface area contributed by atoms with Gasteiger partial charge in [-0.05, 0) is 43.4 Å². The van der Waals surface area contributed by atoms with Crippen LogP contribution in [0.15, 0.2) is 48.5 Å². The van der Waals surface area contributed by atoms with E-state index in [-0.39, 0.29) is 31.5 Å². The van der Waals surface area contributed by atoms with Crippen molar-refractivity contribution in [3.05, 3.63) is 69.8 Å². The van der Waals surface area contributed by atoms with Crippen molar-refractivity contribution in [2.45, 2.75) is 64.6 Å². The molecule has 50 heavy (non-hydrogen) atoms. The number of nitrogens with zero attached hydrogens (tertiary/aromatic N) is 2. The van der Waals surface area contributed by atoms with Crippen LogP contribution in [-0.2, 0) is 51.2 Å². The number of carbonyl (C=O) groups excluding carboxylic acids is 2. The predicted molar refractivity (Wildman–Crippen MR) is 170 cm³/mol. The number of nitro groups is 1. The Balaban J connectivity index is 1.79. The third-order valence-corrected chi connectivity index (χ3v) is 8.13. The molecule has 1 fully saturated rings. The number of rotatable bonds is 18. The van der Waals surface area contributed by atoms with Gasteiger partial charge in [-0.25, -0.2) is 9.59 Å². The summed E-state index contributed by atoms with van der Waals surface area (Å²) >= 11 is 0. The molecule has 3 rings (SSSR count). The molecule has 1 heterocycles. The fraction of sp³-hybridized carbons (Fsp3) is 0.485. The molecule has 1 unspecified atom stereocenters. The fourth-order valence-corrected chi connectivity index (χ4v) is 5.72. The number of benzene rings is 2. The van der Waals surface area contributed by atoms with Gasteiger partial charge >= 0.3 is 35.7 Å². The Morgan fingerprint density at radius 3 is 2.12 bits per heavy atom. The van der Waals surface area contributed by atoms with E-state index in [0.717, 1.165) is 24.8 Å². The minimum absolute atomic E-state index is 0.0576. The van der Waals surface area contributed by atoms with Gasteiger partial charge < -0.3 is 39.0 Å². The number of ether oxygens (including phenoxy) is 5. The molecule has 0 aromatic heterocycles. The summed E-state index contributed by atoms with van der Waals surface area (Å²) in [7, 11) is 0.991. The van der Waals surface area contributed by atoms with Gasteiger partial charge in [0.1, 0.15) is 13.3 Å². The normalized spacial score (nSPS) is 20.6. The maximum absolute atomic E-state index is 12.8. The van der Waals surface area contributed by atoms with Crippen LogP contribution in [0.3, 0.4) is 0 Å². The van der Waals surface area contributed by atoms with Crippen molar-refractivity contribution in [1.29, 1.82) is 0 Å². The first-order valence-corrected chi connectivity index (χ1v) is 15.6. The Bertz CT molecular complexity index is 1520. The van der Waals surface area contributed by atoms with Crippen molar-refractivity contribution in [2.24, 2.45) is 17.8 Å². The average molecular weight is 705 g/mol. The number of hydrogen-bond donors (Lipinski definition) is 3. The Morgan fingerprint density at radius 2 is 1.54 bits per heavy atom. The summed E-state index contributed by atoms with van der Waals surface area (Å²) in [6.45, 7) is 3.42. The first kappa shape index (κ1) is 39.2. The number of carbonyl (C=O) groups is 5. The van der Waals surface area contributed by atoms with Crippen LogP contribution in [0.5, 0.6) is 5.75 Å². The zero-order valence-corrected chi connectivity index (χ0v) is 27.7. The molecule has 2 aromatic rings. The second-order valence-electron chi connectivity index (χ2n) is 11.6. The molecule has 1 saturated heterocycles.